The van der Waals surface area contributed by atoms with E-state index in [9.17, 15) is 8.78 Å². The molecular formula is C7H5BrF2IN. The minimum absolute atomic E-state index is 0.181. The molecule has 0 saturated heterocycles. The van der Waals surface area contributed by atoms with E-state index in [1.165, 1.54) is 6.07 Å². The summed E-state index contributed by atoms with van der Waals surface area (Å²) in [5, 5.41) is 0. The molecule has 0 fully saturated rings. The van der Waals surface area contributed by atoms with E-state index in [1.54, 1.807) is 6.92 Å². The van der Waals surface area contributed by atoms with Crippen molar-refractivity contribution in [3.05, 3.63) is 25.5 Å². The first-order valence-electron chi connectivity index (χ1n) is 3.13. The van der Waals surface area contributed by atoms with Gasteiger partial charge in [-0.1, -0.05) is 0 Å². The molecule has 0 aliphatic carbocycles. The molecule has 5 heteroatoms. The van der Waals surface area contributed by atoms with E-state index in [1.807, 2.05) is 0 Å². The van der Waals surface area contributed by atoms with Gasteiger partial charge in [0.1, 0.15) is 10.3 Å². The summed E-state index contributed by atoms with van der Waals surface area (Å²) in [7, 11) is 0. The van der Waals surface area contributed by atoms with Gasteiger partial charge in [0.25, 0.3) is 6.43 Å². The molecule has 0 amide bonds. The van der Waals surface area contributed by atoms with Gasteiger partial charge in [-0.05, 0) is 57.1 Å². The van der Waals surface area contributed by atoms with Crippen LogP contribution in [0.15, 0.2) is 10.7 Å². The van der Waals surface area contributed by atoms with Gasteiger partial charge in [-0.15, -0.1) is 0 Å². The highest BCUT2D eigenvalue weighted by Gasteiger charge is 2.12. The second-order valence-corrected chi connectivity index (χ2v) is 4.10. The molecule has 0 aliphatic heterocycles. The first-order chi connectivity index (χ1) is 5.52. The van der Waals surface area contributed by atoms with Crippen LogP contribution in [0.1, 0.15) is 17.7 Å². The Morgan fingerprint density at radius 2 is 2.17 bits per heavy atom. The summed E-state index contributed by atoms with van der Waals surface area (Å²) in [5.74, 6) is 0. The van der Waals surface area contributed by atoms with Crippen molar-refractivity contribution in [3.8, 4) is 0 Å². The van der Waals surface area contributed by atoms with Gasteiger partial charge >= 0.3 is 0 Å². The van der Waals surface area contributed by atoms with E-state index in [0.29, 0.717) is 4.60 Å². The van der Waals surface area contributed by atoms with Crippen molar-refractivity contribution in [1.82, 2.24) is 4.98 Å². The van der Waals surface area contributed by atoms with Crippen LogP contribution in [0.3, 0.4) is 0 Å². The fraction of sp³-hybridized carbons (Fsp3) is 0.286. The lowest BCUT2D eigenvalue weighted by Crippen LogP contribution is -1.95. The zero-order valence-electron chi connectivity index (χ0n) is 6.11. The van der Waals surface area contributed by atoms with Crippen LogP contribution in [0.5, 0.6) is 0 Å². The number of alkyl halides is 2. The van der Waals surface area contributed by atoms with Crippen LogP contribution >= 0.6 is 38.5 Å². The van der Waals surface area contributed by atoms with Crippen molar-refractivity contribution in [2.24, 2.45) is 0 Å². The molecule has 1 rings (SSSR count). The van der Waals surface area contributed by atoms with E-state index in [-0.39, 0.29) is 5.69 Å². The van der Waals surface area contributed by atoms with Crippen LogP contribution in [-0.4, -0.2) is 4.98 Å². The third-order valence-electron chi connectivity index (χ3n) is 1.34. The van der Waals surface area contributed by atoms with Gasteiger partial charge < -0.3 is 0 Å². The highest BCUT2D eigenvalue weighted by molar-refractivity contribution is 14.1. The normalized spacial score (nSPS) is 10.8. The predicted molar refractivity (Wildman–Crippen MR) is 54.3 cm³/mol. The maximum absolute atomic E-state index is 12.2. The molecule has 0 saturated carbocycles. The summed E-state index contributed by atoms with van der Waals surface area (Å²) in [5.41, 5.74) is 0.632. The number of aromatic nitrogens is 1. The molecule has 0 bridgehead atoms. The Morgan fingerprint density at radius 1 is 1.58 bits per heavy atom. The average molecular weight is 348 g/mol. The Bertz CT molecular complexity index is 280. The lowest BCUT2D eigenvalue weighted by atomic mass is 10.2. The third-order valence-corrected chi connectivity index (χ3v) is 4.02. The van der Waals surface area contributed by atoms with Gasteiger partial charge in [0.2, 0.25) is 0 Å². The van der Waals surface area contributed by atoms with Crippen LogP contribution in [0.2, 0.25) is 0 Å². The van der Waals surface area contributed by atoms with E-state index < -0.39 is 6.43 Å². The van der Waals surface area contributed by atoms with Crippen molar-refractivity contribution >= 4 is 38.5 Å². The third kappa shape index (κ3) is 2.12. The molecule has 0 unspecified atom stereocenters. The summed E-state index contributed by atoms with van der Waals surface area (Å²) in [6.45, 7) is 1.78. The molecule has 0 aliphatic rings. The first kappa shape index (κ1) is 10.3. The zero-order valence-corrected chi connectivity index (χ0v) is 9.86. The van der Waals surface area contributed by atoms with E-state index in [0.717, 1.165) is 9.13 Å². The van der Waals surface area contributed by atoms with Crippen LogP contribution in [0.25, 0.3) is 0 Å². The number of rotatable bonds is 1. The van der Waals surface area contributed by atoms with Crippen molar-refractivity contribution in [2.75, 3.05) is 0 Å². The van der Waals surface area contributed by atoms with Crippen LogP contribution in [-0.2, 0) is 0 Å². The van der Waals surface area contributed by atoms with Crippen LogP contribution in [0.4, 0.5) is 8.78 Å². The van der Waals surface area contributed by atoms with Gasteiger partial charge in [-0.25, -0.2) is 13.8 Å². The van der Waals surface area contributed by atoms with E-state index in [2.05, 4.69) is 43.5 Å². The summed E-state index contributed by atoms with van der Waals surface area (Å²) >= 11 is 5.17. The van der Waals surface area contributed by atoms with Crippen LogP contribution in [0, 0.1) is 10.5 Å². The summed E-state index contributed by atoms with van der Waals surface area (Å²) in [6, 6.07) is 1.40. The molecule has 1 nitrogen and oxygen atoms in total. The average Bonchev–Trinajstić information content (AvgIpc) is 1.99. The number of nitrogens with zero attached hydrogens (tertiary/aromatic N) is 1. The minimum atomic E-state index is -2.50. The number of hydrogen-bond acceptors (Lipinski definition) is 1. The second-order valence-electron chi connectivity index (χ2n) is 2.27. The molecular weight excluding hydrogens is 343 g/mol. The standard InChI is InChI=1S/C7H5BrF2IN/c1-3-2-4(7(9)10)12-6(8)5(3)11/h2,7H,1H3. The monoisotopic (exact) mass is 347 g/mol. The van der Waals surface area contributed by atoms with E-state index >= 15 is 0 Å². The lowest BCUT2D eigenvalue weighted by molar-refractivity contribution is 0.145. The molecule has 1 heterocycles. The van der Waals surface area contributed by atoms with Gasteiger partial charge in [0.15, 0.2) is 0 Å². The Labute approximate surface area is 90.8 Å². The number of aryl methyl sites for hydroxylation is 1. The second kappa shape index (κ2) is 3.95. The quantitative estimate of drug-likeness (QED) is 0.557. The van der Waals surface area contributed by atoms with Crippen molar-refractivity contribution < 1.29 is 8.78 Å². The zero-order chi connectivity index (χ0) is 9.30. The molecule has 0 spiro atoms. The topological polar surface area (TPSA) is 12.9 Å². The van der Waals surface area contributed by atoms with Crippen molar-refractivity contribution in [2.45, 2.75) is 13.3 Å². The largest absolute Gasteiger partial charge is 0.280 e. The molecule has 0 atom stereocenters. The fourth-order valence-corrected chi connectivity index (χ4v) is 1.55. The summed E-state index contributed by atoms with van der Waals surface area (Å²) in [6.07, 6.45) is -2.50. The molecule has 1 aromatic heterocycles. The minimum Gasteiger partial charge on any atom is -0.239 e. The molecule has 12 heavy (non-hydrogen) atoms. The number of halogens is 4. The first-order valence-corrected chi connectivity index (χ1v) is 5.00. The predicted octanol–water partition coefficient (Wildman–Crippen LogP) is 3.69. The lowest BCUT2D eigenvalue weighted by Gasteiger charge is -2.04. The maximum Gasteiger partial charge on any atom is 0.280 e. The van der Waals surface area contributed by atoms with E-state index in [4.69, 9.17) is 0 Å². The van der Waals surface area contributed by atoms with Crippen molar-refractivity contribution in [3.63, 3.8) is 0 Å². The molecule has 0 N–H and O–H groups in total. The Balaban J connectivity index is 3.21. The van der Waals surface area contributed by atoms with Gasteiger partial charge in [-0.2, -0.15) is 0 Å². The maximum atomic E-state index is 12.2. The molecule has 0 radical (unpaired) electrons. The van der Waals surface area contributed by atoms with Crippen LogP contribution < -0.4 is 0 Å². The molecule has 0 aromatic carbocycles. The smallest absolute Gasteiger partial charge is 0.239 e. The van der Waals surface area contributed by atoms with Gasteiger partial charge in [-0.3, -0.25) is 0 Å². The highest BCUT2D eigenvalue weighted by Crippen LogP contribution is 2.25. The van der Waals surface area contributed by atoms with Gasteiger partial charge in [0.05, 0.1) is 0 Å². The number of hydrogen-bond donors (Lipinski definition) is 0. The molecule has 1 aromatic rings. The highest BCUT2D eigenvalue weighted by atomic mass is 127. The Morgan fingerprint density at radius 3 is 2.58 bits per heavy atom. The molecule has 66 valence electrons. The Hall–Kier alpha value is 0.220. The fourth-order valence-electron chi connectivity index (χ4n) is 0.754. The Kier molecular flexibility index (Phi) is 3.39. The van der Waals surface area contributed by atoms with Crippen molar-refractivity contribution in [1.29, 1.82) is 0 Å². The SMILES string of the molecule is Cc1cc(C(F)F)nc(Br)c1I. The van der Waals surface area contributed by atoms with Gasteiger partial charge in [0, 0.05) is 3.57 Å². The number of pyridine rings is 1. The summed E-state index contributed by atoms with van der Waals surface area (Å²) < 4.78 is 25.7. The summed E-state index contributed by atoms with van der Waals surface area (Å²) in [4.78, 5) is 3.69.